The van der Waals surface area contributed by atoms with E-state index in [9.17, 15) is 13.2 Å². The molecule has 0 atom stereocenters. The summed E-state index contributed by atoms with van der Waals surface area (Å²) in [6.07, 6.45) is 1.28. The number of rotatable bonds is 6. The van der Waals surface area contributed by atoms with Crippen molar-refractivity contribution in [3.05, 3.63) is 18.0 Å². The number of alkyl halides is 3. The first-order chi connectivity index (χ1) is 9.35. The van der Waals surface area contributed by atoms with Crippen LogP contribution in [-0.4, -0.2) is 34.8 Å². The molecule has 112 valence electrons. The van der Waals surface area contributed by atoms with E-state index in [-0.39, 0.29) is 12.0 Å². The Morgan fingerprint density at radius 2 is 1.90 bits per heavy atom. The number of hydrogen-bond acceptors (Lipinski definition) is 4. The molecule has 1 aliphatic carbocycles. The van der Waals surface area contributed by atoms with Crippen LogP contribution in [0.15, 0.2) is 12.4 Å². The lowest BCUT2D eigenvalue weighted by atomic mass is 10.3. The number of nitrogens with one attached hydrogen (secondary N) is 1. The molecule has 0 aromatic carbocycles. The van der Waals surface area contributed by atoms with Crippen LogP contribution in [0.2, 0.25) is 0 Å². The van der Waals surface area contributed by atoms with Gasteiger partial charge in [0, 0.05) is 36.6 Å². The van der Waals surface area contributed by atoms with Crippen LogP contribution >= 0.6 is 0 Å². The lowest BCUT2D eigenvalue weighted by Crippen LogP contribution is -2.40. The Balaban J connectivity index is 2.00. The number of anilines is 1. The minimum absolute atomic E-state index is 0.118. The summed E-state index contributed by atoms with van der Waals surface area (Å²) in [6, 6.07) is 0.263. The molecule has 0 saturated heterocycles. The Morgan fingerprint density at radius 1 is 1.30 bits per heavy atom. The van der Waals surface area contributed by atoms with Gasteiger partial charge in [0.2, 0.25) is 5.95 Å². The molecule has 2 rings (SSSR count). The van der Waals surface area contributed by atoms with Crippen molar-refractivity contribution in [3.8, 4) is 0 Å². The molecular weight excluding hydrogens is 269 g/mol. The zero-order chi connectivity index (χ0) is 14.8. The molecule has 1 heterocycles. The van der Waals surface area contributed by atoms with Gasteiger partial charge in [0.1, 0.15) is 6.54 Å². The van der Waals surface area contributed by atoms with Gasteiger partial charge in [-0.15, -0.1) is 0 Å². The van der Waals surface area contributed by atoms with Crippen LogP contribution in [-0.2, 0) is 6.54 Å². The van der Waals surface area contributed by atoms with E-state index >= 15 is 0 Å². The summed E-state index contributed by atoms with van der Waals surface area (Å²) < 4.78 is 37.6. The standard InChI is InChI=1S/C13H19F3N4/c1-9(2)20(8-13(14,15)16)12-18-6-10(7-19-12)5-17-11-3-4-11/h6-7,9,11,17H,3-5,8H2,1-2H3. The average molecular weight is 288 g/mol. The molecule has 1 N–H and O–H groups in total. The fourth-order valence-electron chi connectivity index (χ4n) is 1.81. The van der Waals surface area contributed by atoms with E-state index in [2.05, 4.69) is 15.3 Å². The average Bonchev–Trinajstić information content (AvgIpc) is 3.17. The second-order valence-corrected chi connectivity index (χ2v) is 5.38. The quantitative estimate of drug-likeness (QED) is 0.873. The predicted octanol–water partition coefficient (Wildman–Crippen LogP) is 2.51. The van der Waals surface area contributed by atoms with Gasteiger partial charge in [-0.05, 0) is 26.7 Å². The van der Waals surface area contributed by atoms with E-state index in [1.807, 2.05) is 0 Å². The summed E-state index contributed by atoms with van der Waals surface area (Å²) in [5, 5.41) is 3.31. The second kappa shape index (κ2) is 5.95. The van der Waals surface area contributed by atoms with Gasteiger partial charge >= 0.3 is 6.18 Å². The molecule has 0 radical (unpaired) electrons. The first-order valence-electron chi connectivity index (χ1n) is 6.73. The van der Waals surface area contributed by atoms with Crippen LogP contribution in [0, 0.1) is 0 Å². The van der Waals surface area contributed by atoms with E-state index in [4.69, 9.17) is 0 Å². The van der Waals surface area contributed by atoms with Gasteiger partial charge in [-0.1, -0.05) is 0 Å². The maximum absolute atomic E-state index is 12.5. The van der Waals surface area contributed by atoms with Crippen molar-refractivity contribution in [2.75, 3.05) is 11.4 Å². The molecule has 1 aliphatic rings. The van der Waals surface area contributed by atoms with E-state index < -0.39 is 12.7 Å². The van der Waals surface area contributed by atoms with Gasteiger partial charge in [-0.2, -0.15) is 13.2 Å². The molecular formula is C13H19F3N4. The number of halogens is 3. The van der Waals surface area contributed by atoms with Crippen molar-refractivity contribution in [1.29, 1.82) is 0 Å². The second-order valence-electron chi connectivity index (χ2n) is 5.38. The highest BCUT2D eigenvalue weighted by Crippen LogP contribution is 2.22. The lowest BCUT2D eigenvalue weighted by molar-refractivity contribution is -0.120. The van der Waals surface area contributed by atoms with Crippen LogP contribution in [0.1, 0.15) is 32.3 Å². The summed E-state index contributed by atoms with van der Waals surface area (Å²) in [4.78, 5) is 9.27. The predicted molar refractivity (Wildman–Crippen MR) is 70.4 cm³/mol. The van der Waals surface area contributed by atoms with E-state index in [1.165, 1.54) is 12.8 Å². The summed E-state index contributed by atoms with van der Waals surface area (Å²) in [5.41, 5.74) is 0.886. The summed E-state index contributed by atoms with van der Waals surface area (Å²) in [6.45, 7) is 3.01. The molecule has 1 aromatic rings. The summed E-state index contributed by atoms with van der Waals surface area (Å²) >= 11 is 0. The fraction of sp³-hybridized carbons (Fsp3) is 0.692. The van der Waals surface area contributed by atoms with Gasteiger partial charge < -0.3 is 10.2 Å². The van der Waals surface area contributed by atoms with Crippen LogP contribution in [0.3, 0.4) is 0 Å². The Hall–Kier alpha value is -1.37. The van der Waals surface area contributed by atoms with Crippen LogP contribution in [0.5, 0.6) is 0 Å². The van der Waals surface area contributed by atoms with E-state index in [0.717, 1.165) is 10.5 Å². The molecule has 1 saturated carbocycles. The number of aromatic nitrogens is 2. The van der Waals surface area contributed by atoms with Crippen molar-refractivity contribution in [2.45, 2.75) is 51.5 Å². The minimum atomic E-state index is -4.26. The van der Waals surface area contributed by atoms with Gasteiger partial charge in [-0.25, -0.2) is 9.97 Å². The lowest BCUT2D eigenvalue weighted by Gasteiger charge is -2.27. The molecule has 1 fully saturated rings. The molecule has 0 unspecified atom stereocenters. The highest BCUT2D eigenvalue weighted by molar-refractivity contribution is 5.31. The van der Waals surface area contributed by atoms with Crippen molar-refractivity contribution in [2.24, 2.45) is 0 Å². The molecule has 1 aromatic heterocycles. The van der Waals surface area contributed by atoms with Gasteiger partial charge in [-0.3, -0.25) is 0 Å². The molecule has 7 heteroatoms. The minimum Gasteiger partial charge on any atom is -0.329 e. The zero-order valence-corrected chi connectivity index (χ0v) is 11.6. The molecule has 0 bridgehead atoms. The van der Waals surface area contributed by atoms with E-state index in [0.29, 0.717) is 12.6 Å². The SMILES string of the molecule is CC(C)N(CC(F)(F)F)c1ncc(CNC2CC2)cn1. The monoisotopic (exact) mass is 288 g/mol. The summed E-state index contributed by atoms with van der Waals surface area (Å²) in [7, 11) is 0. The maximum Gasteiger partial charge on any atom is 0.406 e. The van der Waals surface area contributed by atoms with Gasteiger partial charge in [0.25, 0.3) is 0 Å². The molecule has 0 amide bonds. The van der Waals surface area contributed by atoms with Gasteiger partial charge in [0.15, 0.2) is 0 Å². The van der Waals surface area contributed by atoms with Crippen LogP contribution in [0.25, 0.3) is 0 Å². The third-order valence-electron chi connectivity index (χ3n) is 3.09. The van der Waals surface area contributed by atoms with Crippen molar-refractivity contribution in [1.82, 2.24) is 15.3 Å². The molecule has 0 aliphatic heterocycles. The largest absolute Gasteiger partial charge is 0.406 e. The first kappa shape index (κ1) is 15.0. The van der Waals surface area contributed by atoms with Crippen molar-refractivity contribution >= 4 is 5.95 Å². The van der Waals surface area contributed by atoms with Crippen LogP contribution in [0.4, 0.5) is 19.1 Å². The highest BCUT2D eigenvalue weighted by Gasteiger charge is 2.33. The molecule has 20 heavy (non-hydrogen) atoms. The van der Waals surface area contributed by atoms with E-state index in [1.54, 1.807) is 26.2 Å². The third-order valence-corrected chi connectivity index (χ3v) is 3.09. The maximum atomic E-state index is 12.5. The van der Waals surface area contributed by atoms with Crippen molar-refractivity contribution < 1.29 is 13.2 Å². The Morgan fingerprint density at radius 3 is 2.35 bits per heavy atom. The normalized spacial score (nSPS) is 15.7. The van der Waals surface area contributed by atoms with Gasteiger partial charge in [0.05, 0.1) is 0 Å². The highest BCUT2D eigenvalue weighted by atomic mass is 19.4. The first-order valence-corrected chi connectivity index (χ1v) is 6.73. The Labute approximate surface area is 116 Å². The third kappa shape index (κ3) is 4.63. The summed E-state index contributed by atoms with van der Waals surface area (Å²) in [5.74, 6) is 0.118. The fourth-order valence-corrected chi connectivity index (χ4v) is 1.81. The van der Waals surface area contributed by atoms with Crippen molar-refractivity contribution in [3.63, 3.8) is 0 Å². The number of hydrogen-bond donors (Lipinski definition) is 1. The Bertz CT molecular complexity index is 426. The number of nitrogens with zero attached hydrogens (tertiary/aromatic N) is 3. The topological polar surface area (TPSA) is 41.1 Å². The van der Waals surface area contributed by atoms with Crippen LogP contribution < -0.4 is 10.2 Å². The zero-order valence-electron chi connectivity index (χ0n) is 11.6. The smallest absolute Gasteiger partial charge is 0.329 e. The Kier molecular flexibility index (Phi) is 4.47. The molecule has 0 spiro atoms. The molecule has 4 nitrogen and oxygen atoms in total.